The SMILES string of the molecule is CC[Si](CC)(CC)O[C@H](C)[C@@]12O[C@]13c1cc(O)ccc1C[C@H]2C#C/C=C\C#C[C@H]3O. The smallest absolute Gasteiger partial charge is 0.192 e. The number of hydrogen-bond acceptors (Lipinski definition) is 4. The van der Waals surface area contributed by atoms with E-state index >= 15 is 0 Å². The lowest BCUT2D eigenvalue weighted by molar-refractivity contribution is 0.0753. The van der Waals surface area contributed by atoms with E-state index in [1.54, 1.807) is 24.3 Å². The predicted octanol–water partition coefficient (Wildman–Crippen LogP) is 3.88. The van der Waals surface area contributed by atoms with E-state index < -0.39 is 25.6 Å². The third-order valence-electron chi connectivity index (χ3n) is 7.38. The van der Waals surface area contributed by atoms with Gasteiger partial charge < -0.3 is 19.4 Å². The summed E-state index contributed by atoms with van der Waals surface area (Å²) in [6.07, 6.45) is 2.77. The molecule has 2 N–H and O–H groups in total. The molecular weight excluding hydrogens is 392 g/mol. The molecule has 1 aliphatic heterocycles. The normalized spacial score (nSPS) is 33.0. The van der Waals surface area contributed by atoms with E-state index in [0.29, 0.717) is 6.42 Å². The van der Waals surface area contributed by atoms with Gasteiger partial charge in [-0.2, -0.15) is 0 Å². The summed E-state index contributed by atoms with van der Waals surface area (Å²) in [5.74, 6) is 12.3. The summed E-state index contributed by atoms with van der Waals surface area (Å²) in [4.78, 5) is 0. The highest BCUT2D eigenvalue weighted by Gasteiger charge is 2.81. The average molecular weight is 423 g/mol. The molecule has 0 unspecified atom stereocenters. The van der Waals surface area contributed by atoms with Gasteiger partial charge in [-0.15, -0.1) is 0 Å². The molecule has 1 fully saturated rings. The summed E-state index contributed by atoms with van der Waals surface area (Å²) < 4.78 is 13.5. The molecule has 30 heavy (non-hydrogen) atoms. The van der Waals surface area contributed by atoms with Crippen LogP contribution in [0.5, 0.6) is 5.75 Å². The standard InChI is InChI=1S/C25H30O4Si/c1-5-30(6-2,7-3)28-18(4)24-20-12-10-8-9-11-13-23(27)25(24,29-24)22-17-21(26)15-14-19(22)16-20/h8-9,14-15,17-18,20,23,26-27H,5-7,16H2,1-4H3/b9-8-/t18-,20-,23-,24+,25+/m1/s1. The number of benzene rings is 1. The molecule has 0 aromatic heterocycles. The van der Waals surface area contributed by atoms with Crippen molar-refractivity contribution >= 4 is 8.32 Å². The summed E-state index contributed by atoms with van der Waals surface area (Å²) in [5.41, 5.74) is -0.00867. The van der Waals surface area contributed by atoms with E-state index in [0.717, 1.165) is 29.3 Å². The number of aliphatic hydroxyl groups is 1. The van der Waals surface area contributed by atoms with Crippen molar-refractivity contribution in [3.8, 4) is 29.4 Å². The van der Waals surface area contributed by atoms with Crippen LogP contribution in [0.2, 0.25) is 18.1 Å². The van der Waals surface area contributed by atoms with Crippen molar-refractivity contribution in [2.45, 2.75) is 75.7 Å². The molecule has 0 amide bonds. The zero-order valence-corrected chi connectivity index (χ0v) is 19.2. The lowest BCUT2D eigenvalue weighted by Crippen LogP contribution is -2.53. The highest BCUT2D eigenvalue weighted by atomic mass is 28.4. The molecule has 2 bridgehead atoms. The van der Waals surface area contributed by atoms with E-state index in [1.807, 2.05) is 6.07 Å². The summed E-state index contributed by atoms with van der Waals surface area (Å²) in [7, 11) is -1.92. The van der Waals surface area contributed by atoms with Crippen LogP contribution in [0.1, 0.15) is 38.8 Å². The molecule has 2 aliphatic carbocycles. The molecule has 0 saturated carbocycles. The molecule has 5 atom stereocenters. The topological polar surface area (TPSA) is 62.2 Å². The van der Waals surface area contributed by atoms with Gasteiger partial charge in [0.05, 0.1) is 12.0 Å². The fraction of sp³-hybridized carbons (Fsp3) is 0.520. The maximum atomic E-state index is 11.3. The Balaban J connectivity index is 1.89. The van der Waals surface area contributed by atoms with Gasteiger partial charge in [0.2, 0.25) is 0 Å². The van der Waals surface area contributed by atoms with Gasteiger partial charge in [-0.25, -0.2) is 0 Å². The van der Waals surface area contributed by atoms with E-state index in [-0.39, 0.29) is 17.8 Å². The third-order valence-corrected chi connectivity index (χ3v) is 12.1. The number of aliphatic hydroxyl groups excluding tert-OH is 1. The zero-order valence-electron chi connectivity index (χ0n) is 18.2. The summed E-state index contributed by atoms with van der Waals surface area (Å²) in [6.45, 7) is 8.69. The highest BCUT2D eigenvalue weighted by Crippen LogP contribution is 2.68. The number of phenols is 1. The van der Waals surface area contributed by atoms with E-state index in [9.17, 15) is 10.2 Å². The van der Waals surface area contributed by atoms with E-state index in [4.69, 9.17) is 9.16 Å². The summed E-state index contributed by atoms with van der Waals surface area (Å²) >= 11 is 0. The van der Waals surface area contributed by atoms with E-state index in [1.165, 1.54) is 0 Å². The quantitative estimate of drug-likeness (QED) is 0.415. The van der Waals surface area contributed by atoms with Crippen LogP contribution in [0, 0.1) is 29.6 Å². The predicted molar refractivity (Wildman–Crippen MR) is 119 cm³/mol. The number of rotatable bonds is 6. The van der Waals surface area contributed by atoms with Crippen molar-refractivity contribution in [3.63, 3.8) is 0 Å². The second-order valence-corrected chi connectivity index (χ2v) is 13.3. The molecule has 1 saturated heterocycles. The lowest BCUT2D eigenvalue weighted by atomic mass is 9.65. The first-order valence-corrected chi connectivity index (χ1v) is 13.5. The molecule has 1 aromatic carbocycles. The zero-order chi connectivity index (χ0) is 21.6. The van der Waals surface area contributed by atoms with E-state index in [2.05, 4.69) is 51.4 Å². The number of aromatic hydroxyl groups is 1. The fourth-order valence-electron chi connectivity index (χ4n) is 5.46. The van der Waals surface area contributed by atoms with Crippen molar-refractivity contribution in [2.24, 2.45) is 5.92 Å². The Bertz CT molecular complexity index is 982. The van der Waals surface area contributed by atoms with Gasteiger partial charge >= 0.3 is 0 Å². The number of ether oxygens (including phenoxy) is 1. The first-order valence-electron chi connectivity index (χ1n) is 10.9. The van der Waals surface area contributed by atoms with Crippen LogP contribution in [0.25, 0.3) is 0 Å². The van der Waals surface area contributed by atoms with Crippen molar-refractivity contribution < 1.29 is 19.4 Å². The molecular formula is C25H30O4Si. The minimum atomic E-state index is -1.92. The lowest BCUT2D eigenvalue weighted by Gasteiger charge is -2.40. The van der Waals surface area contributed by atoms with Gasteiger partial charge in [-0.1, -0.05) is 50.5 Å². The van der Waals surface area contributed by atoms with Crippen molar-refractivity contribution in [1.29, 1.82) is 0 Å². The molecule has 0 radical (unpaired) electrons. The molecule has 158 valence electrons. The van der Waals surface area contributed by atoms with Crippen molar-refractivity contribution in [3.05, 3.63) is 41.5 Å². The van der Waals surface area contributed by atoms with Gasteiger partial charge in [0.1, 0.15) is 11.4 Å². The Kier molecular flexibility index (Phi) is 5.37. The van der Waals surface area contributed by atoms with Gasteiger partial charge in [-0.05, 0) is 66.9 Å². The molecule has 3 aliphatic rings. The van der Waals surface area contributed by atoms with Crippen LogP contribution < -0.4 is 0 Å². The number of allylic oxidation sites excluding steroid dienone is 2. The van der Waals surface area contributed by atoms with Crippen LogP contribution >= 0.6 is 0 Å². The molecule has 4 nitrogen and oxygen atoms in total. The van der Waals surface area contributed by atoms with Crippen LogP contribution in [0.4, 0.5) is 0 Å². The number of epoxide rings is 1. The molecule has 4 rings (SSSR count). The molecule has 1 aromatic rings. The maximum Gasteiger partial charge on any atom is 0.192 e. The number of phenolic OH excluding ortho intramolecular Hbond substituents is 1. The third kappa shape index (κ3) is 2.88. The second-order valence-electron chi connectivity index (χ2n) is 8.55. The van der Waals surface area contributed by atoms with Crippen molar-refractivity contribution in [1.82, 2.24) is 0 Å². The van der Waals surface area contributed by atoms with Crippen LogP contribution in [0.3, 0.4) is 0 Å². The first-order chi connectivity index (χ1) is 14.4. The monoisotopic (exact) mass is 422 g/mol. The van der Waals surface area contributed by atoms with Gasteiger partial charge in [0.15, 0.2) is 20.0 Å². The van der Waals surface area contributed by atoms with Crippen LogP contribution in [0.15, 0.2) is 30.4 Å². The van der Waals surface area contributed by atoms with Crippen molar-refractivity contribution in [2.75, 3.05) is 0 Å². The minimum Gasteiger partial charge on any atom is -0.508 e. The van der Waals surface area contributed by atoms with Crippen LogP contribution in [-0.4, -0.2) is 36.3 Å². The Labute approximate surface area is 180 Å². The summed E-state index contributed by atoms with van der Waals surface area (Å²) in [6, 6.07) is 8.40. The number of hydrogen-bond donors (Lipinski definition) is 2. The fourth-order valence-corrected chi connectivity index (χ4v) is 8.39. The van der Waals surface area contributed by atoms with Gasteiger partial charge in [0, 0.05) is 0 Å². The Hall–Kier alpha value is -2.02. The Morgan fingerprint density at radius 2 is 1.83 bits per heavy atom. The average Bonchev–Trinajstić information content (AvgIpc) is 3.48. The van der Waals surface area contributed by atoms with Gasteiger partial charge in [0.25, 0.3) is 0 Å². The van der Waals surface area contributed by atoms with Crippen LogP contribution in [-0.2, 0) is 21.2 Å². The minimum absolute atomic E-state index is 0.138. The number of fused-ring (bicyclic) bond motifs is 1. The Morgan fingerprint density at radius 1 is 1.17 bits per heavy atom. The summed E-state index contributed by atoms with van der Waals surface area (Å²) in [5, 5.41) is 21.5. The Morgan fingerprint density at radius 3 is 2.50 bits per heavy atom. The second kappa shape index (κ2) is 7.59. The maximum absolute atomic E-state index is 11.3. The highest BCUT2D eigenvalue weighted by molar-refractivity contribution is 6.73. The first kappa shape index (κ1) is 21.2. The largest absolute Gasteiger partial charge is 0.508 e. The molecule has 0 spiro atoms. The molecule has 1 heterocycles. The van der Waals surface area contributed by atoms with Gasteiger partial charge in [-0.3, -0.25) is 0 Å². The molecule has 5 heteroatoms.